The topological polar surface area (TPSA) is 54.5 Å². The van der Waals surface area contributed by atoms with Crippen molar-refractivity contribution in [3.63, 3.8) is 0 Å². The Morgan fingerprint density at radius 2 is 1.74 bits per heavy atom. The summed E-state index contributed by atoms with van der Waals surface area (Å²) < 4.78 is 26.0. The van der Waals surface area contributed by atoms with Gasteiger partial charge in [-0.1, -0.05) is 37.3 Å². The van der Waals surface area contributed by atoms with Crippen LogP contribution in [0.3, 0.4) is 0 Å². The van der Waals surface area contributed by atoms with Gasteiger partial charge in [-0.15, -0.1) is 0 Å². The number of benzene rings is 1. The number of hydrogen-bond donors (Lipinski definition) is 0. The maximum atomic E-state index is 12.3. The van der Waals surface area contributed by atoms with Crippen molar-refractivity contribution >= 4 is 15.8 Å². The first-order valence-corrected chi connectivity index (χ1v) is 8.14. The SMILES string of the molecule is CC(CS(=O)(=O)N1CCC(=O)CC1)c1ccccc1. The summed E-state index contributed by atoms with van der Waals surface area (Å²) in [4.78, 5) is 11.2. The molecule has 1 aromatic rings. The van der Waals surface area contributed by atoms with E-state index in [0.29, 0.717) is 25.9 Å². The third-order valence-electron chi connectivity index (χ3n) is 3.50. The summed E-state index contributed by atoms with van der Waals surface area (Å²) in [6.45, 7) is 2.59. The zero-order chi connectivity index (χ0) is 13.9. The van der Waals surface area contributed by atoms with Crippen LogP contribution in [0, 0.1) is 0 Å². The lowest BCUT2D eigenvalue weighted by molar-refractivity contribution is -0.120. The average molecular weight is 281 g/mol. The van der Waals surface area contributed by atoms with E-state index in [2.05, 4.69) is 0 Å². The maximum Gasteiger partial charge on any atom is 0.214 e. The van der Waals surface area contributed by atoms with Gasteiger partial charge in [-0.25, -0.2) is 12.7 Å². The highest BCUT2D eigenvalue weighted by atomic mass is 32.2. The van der Waals surface area contributed by atoms with E-state index in [0.717, 1.165) is 5.56 Å². The van der Waals surface area contributed by atoms with Crippen molar-refractivity contribution in [3.05, 3.63) is 35.9 Å². The Labute approximate surface area is 114 Å². The molecule has 1 aromatic carbocycles. The zero-order valence-electron chi connectivity index (χ0n) is 11.1. The van der Waals surface area contributed by atoms with E-state index in [1.54, 1.807) is 0 Å². The molecule has 0 amide bonds. The Hall–Kier alpha value is -1.20. The lowest BCUT2D eigenvalue weighted by Gasteiger charge is -2.26. The predicted molar refractivity (Wildman–Crippen MR) is 74.5 cm³/mol. The first-order valence-electron chi connectivity index (χ1n) is 6.53. The molecule has 1 heterocycles. The van der Waals surface area contributed by atoms with Crippen LogP contribution in [0.2, 0.25) is 0 Å². The fourth-order valence-corrected chi connectivity index (χ4v) is 4.09. The van der Waals surface area contributed by atoms with E-state index in [-0.39, 0.29) is 17.5 Å². The molecule has 0 saturated carbocycles. The van der Waals surface area contributed by atoms with Crippen molar-refractivity contribution in [2.45, 2.75) is 25.7 Å². The summed E-state index contributed by atoms with van der Waals surface area (Å²) >= 11 is 0. The summed E-state index contributed by atoms with van der Waals surface area (Å²) in [5.41, 5.74) is 1.03. The molecule has 0 N–H and O–H groups in total. The lowest BCUT2D eigenvalue weighted by Crippen LogP contribution is -2.40. The molecule has 1 saturated heterocycles. The van der Waals surface area contributed by atoms with Crippen LogP contribution in [0.5, 0.6) is 0 Å². The van der Waals surface area contributed by atoms with Crippen molar-refractivity contribution in [2.24, 2.45) is 0 Å². The van der Waals surface area contributed by atoms with E-state index >= 15 is 0 Å². The van der Waals surface area contributed by atoms with Crippen molar-refractivity contribution < 1.29 is 13.2 Å². The first-order chi connectivity index (χ1) is 8.99. The number of ketones is 1. The second-order valence-corrected chi connectivity index (χ2v) is 7.04. The van der Waals surface area contributed by atoms with Crippen LogP contribution >= 0.6 is 0 Å². The maximum absolute atomic E-state index is 12.3. The molecule has 5 heteroatoms. The zero-order valence-corrected chi connectivity index (χ0v) is 11.9. The van der Waals surface area contributed by atoms with Crippen LogP contribution in [-0.2, 0) is 14.8 Å². The van der Waals surface area contributed by atoms with Gasteiger partial charge in [-0.2, -0.15) is 0 Å². The van der Waals surface area contributed by atoms with Crippen molar-refractivity contribution in [2.75, 3.05) is 18.8 Å². The quantitative estimate of drug-likeness (QED) is 0.845. The van der Waals surface area contributed by atoms with Crippen molar-refractivity contribution in [3.8, 4) is 0 Å². The highest BCUT2D eigenvalue weighted by Crippen LogP contribution is 2.20. The van der Waals surface area contributed by atoms with Gasteiger partial charge in [-0.3, -0.25) is 4.79 Å². The minimum Gasteiger partial charge on any atom is -0.300 e. The van der Waals surface area contributed by atoms with Crippen LogP contribution in [0.1, 0.15) is 31.2 Å². The molecule has 4 nitrogen and oxygen atoms in total. The van der Waals surface area contributed by atoms with Gasteiger partial charge in [0.2, 0.25) is 10.0 Å². The van der Waals surface area contributed by atoms with E-state index in [1.165, 1.54) is 4.31 Å². The van der Waals surface area contributed by atoms with Crippen LogP contribution in [0.4, 0.5) is 0 Å². The first kappa shape index (κ1) is 14.2. The van der Waals surface area contributed by atoms with Crippen LogP contribution < -0.4 is 0 Å². The second kappa shape index (κ2) is 5.84. The average Bonchev–Trinajstić information content (AvgIpc) is 2.40. The van der Waals surface area contributed by atoms with Gasteiger partial charge >= 0.3 is 0 Å². The molecule has 0 bridgehead atoms. The molecule has 1 aliphatic rings. The molecule has 1 unspecified atom stereocenters. The second-order valence-electron chi connectivity index (χ2n) is 5.03. The van der Waals surface area contributed by atoms with Crippen molar-refractivity contribution in [1.29, 1.82) is 0 Å². The number of carbonyl (C=O) groups is 1. The van der Waals surface area contributed by atoms with Gasteiger partial charge in [0, 0.05) is 25.9 Å². The third kappa shape index (κ3) is 3.64. The van der Waals surface area contributed by atoms with E-state index in [4.69, 9.17) is 0 Å². The number of nitrogens with zero attached hydrogens (tertiary/aromatic N) is 1. The molecule has 0 aliphatic carbocycles. The number of carbonyl (C=O) groups excluding carboxylic acids is 1. The predicted octanol–water partition coefficient (Wildman–Crippen LogP) is 1.78. The van der Waals surface area contributed by atoms with E-state index in [9.17, 15) is 13.2 Å². The van der Waals surface area contributed by atoms with E-state index < -0.39 is 10.0 Å². The number of sulfonamides is 1. The summed E-state index contributed by atoms with van der Waals surface area (Å²) in [6.07, 6.45) is 0.692. The molecule has 2 rings (SSSR count). The summed E-state index contributed by atoms with van der Waals surface area (Å²) in [6, 6.07) is 9.64. The fourth-order valence-electron chi connectivity index (χ4n) is 2.31. The Kier molecular flexibility index (Phi) is 4.37. The number of Topliss-reactive ketones (excluding diaryl/α,β-unsaturated/α-hetero) is 1. The summed E-state index contributed by atoms with van der Waals surface area (Å²) in [5.74, 6) is 0.219. The van der Waals surface area contributed by atoms with Gasteiger partial charge in [-0.05, 0) is 11.5 Å². The Bertz CT molecular complexity index is 529. The molecule has 0 aromatic heterocycles. The minimum absolute atomic E-state index is 0.0381. The molecule has 1 aliphatic heterocycles. The van der Waals surface area contributed by atoms with Gasteiger partial charge in [0.1, 0.15) is 5.78 Å². The lowest BCUT2D eigenvalue weighted by atomic mass is 10.0. The number of piperidine rings is 1. The Morgan fingerprint density at radius 1 is 1.16 bits per heavy atom. The summed E-state index contributed by atoms with van der Waals surface area (Å²) in [5, 5.41) is 0. The van der Waals surface area contributed by atoms with E-state index in [1.807, 2.05) is 37.3 Å². The fraction of sp³-hybridized carbons (Fsp3) is 0.500. The van der Waals surface area contributed by atoms with Crippen LogP contribution in [0.25, 0.3) is 0 Å². The summed E-state index contributed by atoms with van der Waals surface area (Å²) in [7, 11) is -3.27. The minimum atomic E-state index is -3.27. The molecular formula is C14H19NO3S. The van der Waals surface area contributed by atoms with Gasteiger partial charge < -0.3 is 0 Å². The highest BCUT2D eigenvalue weighted by molar-refractivity contribution is 7.89. The highest BCUT2D eigenvalue weighted by Gasteiger charge is 2.28. The molecule has 0 spiro atoms. The molecule has 19 heavy (non-hydrogen) atoms. The van der Waals surface area contributed by atoms with Crippen molar-refractivity contribution in [1.82, 2.24) is 4.31 Å². The Balaban J connectivity index is 2.03. The normalized spacial score (nSPS) is 19.3. The van der Waals surface area contributed by atoms with Crippen LogP contribution in [0.15, 0.2) is 30.3 Å². The van der Waals surface area contributed by atoms with Crippen LogP contribution in [-0.4, -0.2) is 37.3 Å². The van der Waals surface area contributed by atoms with Gasteiger partial charge in [0.15, 0.2) is 0 Å². The molecular weight excluding hydrogens is 262 g/mol. The van der Waals surface area contributed by atoms with Gasteiger partial charge in [0.05, 0.1) is 5.75 Å². The molecule has 1 atom stereocenters. The third-order valence-corrected chi connectivity index (χ3v) is 5.58. The molecule has 1 fully saturated rings. The Morgan fingerprint density at radius 3 is 2.32 bits per heavy atom. The number of rotatable bonds is 4. The number of hydrogen-bond acceptors (Lipinski definition) is 3. The monoisotopic (exact) mass is 281 g/mol. The smallest absolute Gasteiger partial charge is 0.214 e. The standard InChI is InChI=1S/C14H19NO3S/c1-12(13-5-3-2-4-6-13)11-19(17,18)15-9-7-14(16)8-10-15/h2-6,12H,7-11H2,1H3. The molecule has 104 valence electrons. The molecule has 0 radical (unpaired) electrons. The van der Waals surface area contributed by atoms with Gasteiger partial charge in [0.25, 0.3) is 0 Å². The largest absolute Gasteiger partial charge is 0.300 e.